The molecule has 0 spiro atoms. The molecule has 0 bridgehead atoms. The van der Waals surface area contributed by atoms with E-state index in [1.165, 1.54) is 0 Å². The predicted molar refractivity (Wildman–Crippen MR) is 62.5 cm³/mol. The van der Waals surface area contributed by atoms with Gasteiger partial charge in [-0.3, -0.25) is 0 Å². The van der Waals surface area contributed by atoms with Crippen LogP contribution < -0.4 is 4.74 Å². The highest BCUT2D eigenvalue weighted by molar-refractivity contribution is 6.75. The molecule has 15 heavy (non-hydrogen) atoms. The van der Waals surface area contributed by atoms with Crippen LogP contribution in [0.2, 0.25) is 0 Å². The fourth-order valence-electron chi connectivity index (χ4n) is 0.915. The fourth-order valence-corrected chi connectivity index (χ4v) is 0.915. The van der Waals surface area contributed by atoms with Gasteiger partial charge >= 0.3 is 0 Å². The van der Waals surface area contributed by atoms with Gasteiger partial charge < -0.3 is 4.74 Å². The third kappa shape index (κ3) is 5.70. The molecule has 0 atom stereocenters. The Balaban J connectivity index is 0.000000921. The maximum Gasteiger partial charge on any atom is 0.119 e. The Morgan fingerprint density at radius 2 is 1.80 bits per heavy atom. The number of ether oxygens (including phenoxy) is 1. The quantitative estimate of drug-likeness (QED) is 0.319. The van der Waals surface area contributed by atoms with Crippen molar-refractivity contribution < 1.29 is 4.74 Å². The van der Waals surface area contributed by atoms with E-state index in [1.807, 2.05) is 13.8 Å². The Kier molecular flexibility index (Phi) is 7.02. The molecule has 0 aromatic heterocycles. The van der Waals surface area contributed by atoms with Gasteiger partial charge in [0.15, 0.2) is 0 Å². The highest BCUT2D eigenvalue weighted by atomic mass is 16.5. The van der Waals surface area contributed by atoms with Gasteiger partial charge in [0.1, 0.15) is 5.75 Å². The molecule has 0 aliphatic carbocycles. The molecular formula is C9H11B2N3O. The molecule has 0 unspecified atom stereocenters. The minimum Gasteiger partial charge on any atom is -0.491 e. The van der Waals surface area contributed by atoms with Crippen molar-refractivity contribution in [1.82, 2.24) is 0 Å². The van der Waals surface area contributed by atoms with E-state index in [2.05, 4.69) is 25.5 Å². The van der Waals surface area contributed by atoms with E-state index in [9.17, 15) is 0 Å². The van der Waals surface area contributed by atoms with Gasteiger partial charge in [0.25, 0.3) is 0 Å². The first-order valence-corrected chi connectivity index (χ1v) is 4.37. The molecule has 1 aromatic carbocycles. The molecule has 4 nitrogen and oxygen atoms in total. The van der Waals surface area contributed by atoms with E-state index >= 15 is 0 Å². The van der Waals surface area contributed by atoms with Crippen molar-refractivity contribution in [2.75, 3.05) is 0 Å². The van der Waals surface area contributed by atoms with E-state index < -0.39 is 0 Å². The van der Waals surface area contributed by atoms with Crippen molar-refractivity contribution in [3.05, 3.63) is 34.7 Å². The first kappa shape index (κ1) is 13.5. The number of nitrogens with zero attached hydrogens (tertiary/aromatic N) is 3. The Labute approximate surface area is 92.1 Å². The molecule has 0 amide bonds. The summed E-state index contributed by atoms with van der Waals surface area (Å²) in [4.78, 5) is 2.68. The molecule has 74 valence electrons. The lowest BCUT2D eigenvalue weighted by atomic mass is 9.81. The van der Waals surface area contributed by atoms with Crippen molar-refractivity contribution in [2.45, 2.75) is 20.0 Å². The predicted octanol–water partition coefficient (Wildman–Crippen LogP) is 2.65. The second-order valence-electron chi connectivity index (χ2n) is 2.85. The van der Waals surface area contributed by atoms with Gasteiger partial charge in [-0.25, -0.2) is 0 Å². The van der Waals surface area contributed by atoms with E-state index in [4.69, 9.17) is 10.3 Å². The van der Waals surface area contributed by atoms with Gasteiger partial charge in [-0.05, 0) is 43.6 Å². The highest BCUT2D eigenvalue weighted by Gasteiger charge is 1.96. The van der Waals surface area contributed by atoms with E-state index in [0.717, 1.165) is 5.75 Å². The molecule has 0 heterocycles. The first-order chi connectivity index (χ1) is 7.22. The summed E-state index contributed by atoms with van der Waals surface area (Å²) >= 11 is 0. The number of hydrogen-bond donors (Lipinski definition) is 0. The lowest BCUT2D eigenvalue weighted by Crippen LogP contribution is -2.04. The molecule has 6 heteroatoms. The SMILES string of the molecule is CC(C)Oc1ccc(N=[N+]=[N-])cc1.[B][B]. The van der Waals surface area contributed by atoms with E-state index in [0.29, 0.717) is 5.69 Å². The van der Waals surface area contributed by atoms with Crippen LogP contribution in [0.3, 0.4) is 0 Å². The molecule has 0 aliphatic heterocycles. The summed E-state index contributed by atoms with van der Waals surface area (Å²) in [6.07, 6.45) is 0.158. The normalized spacial score (nSPS) is 8.47. The minimum atomic E-state index is 0.158. The van der Waals surface area contributed by atoms with Gasteiger partial charge in [-0.1, -0.05) is 5.11 Å². The second kappa shape index (κ2) is 7.83. The number of azide groups is 1. The Bertz CT molecular complexity index is 321. The van der Waals surface area contributed by atoms with Gasteiger partial charge in [0, 0.05) is 26.1 Å². The lowest BCUT2D eigenvalue weighted by Gasteiger charge is -2.08. The largest absolute Gasteiger partial charge is 0.491 e. The molecule has 0 aliphatic rings. The zero-order chi connectivity index (χ0) is 11.7. The summed E-state index contributed by atoms with van der Waals surface area (Å²) in [5, 5.41) is 3.45. The molecule has 0 saturated carbocycles. The van der Waals surface area contributed by atoms with Crippen molar-refractivity contribution in [3.8, 4) is 5.75 Å². The van der Waals surface area contributed by atoms with Crippen molar-refractivity contribution in [2.24, 2.45) is 5.11 Å². The zero-order valence-corrected chi connectivity index (χ0v) is 8.79. The number of hydrogen-bond acceptors (Lipinski definition) is 2. The monoisotopic (exact) mass is 199 g/mol. The Hall–Kier alpha value is -1.54. The van der Waals surface area contributed by atoms with Crippen LogP contribution in [0.1, 0.15) is 13.8 Å². The van der Waals surface area contributed by atoms with Crippen LogP contribution in [0.5, 0.6) is 5.75 Å². The second-order valence-corrected chi connectivity index (χ2v) is 2.85. The summed E-state index contributed by atoms with van der Waals surface area (Å²) in [6, 6.07) is 7.00. The van der Waals surface area contributed by atoms with Gasteiger partial charge in [0.2, 0.25) is 0 Å². The molecule has 4 radical (unpaired) electrons. The van der Waals surface area contributed by atoms with Gasteiger partial charge in [-0.15, -0.1) is 0 Å². The van der Waals surface area contributed by atoms with E-state index in [1.54, 1.807) is 24.3 Å². The van der Waals surface area contributed by atoms with Gasteiger partial charge in [0.05, 0.1) is 6.10 Å². The average molecular weight is 199 g/mol. The van der Waals surface area contributed by atoms with Crippen molar-refractivity contribution in [3.63, 3.8) is 0 Å². The van der Waals surface area contributed by atoms with Gasteiger partial charge in [-0.2, -0.15) is 0 Å². The Morgan fingerprint density at radius 1 is 1.27 bits per heavy atom. The van der Waals surface area contributed by atoms with E-state index in [-0.39, 0.29) is 6.10 Å². The van der Waals surface area contributed by atoms with Crippen molar-refractivity contribution in [1.29, 1.82) is 0 Å². The van der Waals surface area contributed by atoms with Crippen LogP contribution in [0.25, 0.3) is 10.4 Å². The van der Waals surface area contributed by atoms with Crippen LogP contribution in [-0.4, -0.2) is 21.6 Å². The van der Waals surface area contributed by atoms with Crippen molar-refractivity contribution >= 4 is 21.2 Å². The summed E-state index contributed by atoms with van der Waals surface area (Å²) < 4.78 is 5.41. The first-order valence-electron chi connectivity index (χ1n) is 4.37. The Morgan fingerprint density at radius 3 is 2.20 bits per heavy atom. The minimum absolute atomic E-state index is 0.158. The third-order valence-corrected chi connectivity index (χ3v) is 1.37. The number of rotatable bonds is 3. The van der Waals surface area contributed by atoms with Crippen LogP contribution in [0.4, 0.5) is 5.69 Å². The van der Waals surface area contributed by atoms with Crippen LogP contribution in [0.15, 0.2) is 29.4 Å². The van der Waals surface area contributed by atoms with Crippen LogP contribution >= 0.6 is 0 Å². The highest BCUT2D eigenvalue weighted by Crippen LogP contribution is 2.18. The molecule has 0 saturated heterocycles. The fraction of sp³-hybridized carbons (Fsp3) is 0.333. The summed E-state index contributed by atoms with van der Waals surface area (Å²) in [5.74, 6) is 0.784. The maximum absolute atomic E-state index is 8.16. The molecule has 1 rings (SSSR count). The number of benzene rings is 1. The third-order valence-electron chi connectivity index (χ3n) is 1.37. The summed E-state index contributed by atoms with van der Waals surface area (Å²) in [7, 11) is 8.00. The summed E-state index contributed by atoms with van der Waals surface area (Å²) in [6.45, 7) is 3.92. The van der Waals surface area contributed by atoms with Crippen LogP contribution in [-0.2, 0) is 0 Å². The molecular weight excluding hydrogens is 188 g/mol. The molecule has 1 aromatic rings. The standard InChI is InChI=1S/C9H11N3O.B2/c1-7(2)13-9-5-3-8(4-6-9)11-12-10;1-2/h3-7H,1-2H3;. The van der Waals surface area contributed by atoms with Crippen LogP contribution in [0, 0.1) is 0 Å². The summed E-state index contributed by atoms with van der Waals surface area (Å²) in [5.41, 5.74) is 8.76. The lowest BCUT2D eigenvalue weighted by molar-refractivity contribution is 0.242. The molecule has 0 N–H and O–H groups in total. The topological polar surface area (TPSA) is 58.0 Å². The average Bonchev–Trinajstić information content (AvgIpc) is 2.24. The maximum atomic E-state index is 8.16. The zero-order valence-electron chi connectivity index (χ0n) is 8.79. The molecule has 0 fully saturated rings. The smallest absolute Gasteiger partial charge is 0.119 e.